The number of benzene rings is 1. The largest absolute Gasteiger partial charge is 0.365 e. The topological polar surface area (TPSA) is 41.4 Å². The monoisotopic (exact) mass is 324 g/mol. The van der Waals surface area contributed by atoms with Gasteiger partial charge in [-0.1, -0.05) is 24.3 Å². The number of amides is 1. The molecule has 2 aromatic rings. The van der Waals surface area contributed by atoms with Gasteiger partial charge in [-0.3, -0.25) is 9.48 Å². The quantitative estimate of drug-likeness (QED) is 0.850. The number of aryl methyl sites for hydroxylation is 2. The maximum Gasteiger partial charge on any atom is 0.230 e. The highest BCUT2D eigenvalue weighted by molar-refractivity contribution is 5.84. The highest BCUT2D eigenvalue weighted by Crippen LogP contribution is 2.33. The number of hydrogen-bond acceptors (Lipinski definition) is 3. The first kappa shape index (κ1) is 15.2. The second-order valence-electron chi connectivity index (χ2n) is 6.83. The number of carbonyl (C=O) groups excluding carboxylic acids is 1. The van der Waals surface area contributed by atoms with E-state index in [1.807, 2.05) is 24.1 Å². The molecule has 0 unspecified atom stereocenters. The molecule has 2 aliphatic rings. The number of aromatic nitrogens is 2. The van der Waals surface area contributed by atoms with Gasteiger partial charge in [0.25, 0.3) is 0 Å². The Kier molecular flexibility index (Phi) is 4.00. The van der Waals surface area contributed by atoms with Gasteiger partial charge in [0, 0.05) is 39.4 Å². The minimum atomic E-state index is 0.0555. The Labute approximate surface area is 142 Å². The first-order valence-electron chi connectivity index (χ1n) is 8.82. The molecule has 1 fully saturated rings. The Morgan fingerprint density at radius 1 is 1.17 bits per heavy atom. The van der Waals surface area contributed by atoms with Crippen LogP contribution in [-0.2, 0) is 18.3 Å². The van der Waals surface area contributed by atoms with Crippen molar-refractivity contribution in [1.82, 2.24) is 14.7 Å². The van der Waals surface area contributed by atoms with E-state index in [0.29, 0.717) is 5.91 Å². The molecule has 1 atom stereocenters. The average Bonchev–Trinajstić information content (AvgIpc) is 3.07. The molecule has 4 rings (SSSR count). The predicted octanol–water partition coefficient (Wildman–Crippen LogP) is 2.19. The molecular weight excluding hydrogens is 300 g/mol. The lowest BCUT2D eigenvalue weighted by molar-refractivity contribution is -0.133. The van der Waals surface area contributed by atoms with Crippen molar-refractivity contribution in [2.45, 2.75) is 25.2 Å². The summed E-state index contributed by atoms with van der Waals surface area (Å²) in [5.41, 5.74) is 3.76. The summed E-state index contributed by atoms with van der Waals surface area (Å²) < 4.78 is 1.83. The van der Waals surface area contributed by atoms with E-state index < -0.39 is 0 Å². The number of fused-ring (bicyclic) bond motifs is 1. The van der Waals surface area contributed by atoms with E-state index in [-0.39, 0.29) is 5.92 Å². The van der Waals surface area contributed by atoms with Crippen molar-refractivity contribution in [2.24, 2.45) is 7.05 Å². The molecule has 1 aliphatic carbocycles. The molecule has 0 bridgehead atoms. The molecule has 1 aromatic carbocycles. The summed E-state index contributed by atoms with van der Waals surface area (Å²) in [5.74, 6) is 0.368. The van der Waals surface area contributed by atoms with Gasteiger partial charge < -0.3 is 9.80 Å². The number of rotatable bonds is 2. The summed E-state index contributed by atoms with van der Waals surface area (Å²) in [5, 5.41) is 4.24. The van der Waals surface area contributed by atoms with Crippen molar-refractivity contribution < 1.29 is 4.79 Å². The summed E-state index contributed by atoms with van der Waals surface area (Å²) in [4.78, 5) is 17.4. The number of anilines is 1. The molecule has 1 aromatic heterocycles. The SMILES string of the molecule is Cn1cc(N2CCN(C(=O)[C@@H]3CCCc4ccccc43)CC2)cn1. The van der Waals surface area contributed by atoms with Crippen LogP contribution in [0.3, 0.4) is 0 Å². The second-order valence-corrected chi connectivity index (χ2v) is 6.83. The van der Waals surface area contributed by atoms with Crippen molar-refractivity contribution >= 4 is 11.6 Å². The van der Waals surface area contributed by atoms with Crippen molar-refractivity contribution in [3.05, 3.63) is 47.8 Å². The van der Waals surface area contributed by atoms with E-state index >= 15 is 0 Å². The van der Waals surface area contributed by atoms with Gasteiger partial charge >= 0.3 is 0 Å². The molecule has 0 N–H and O–H groups in total. The molecule has 0 radical (unpaired) electrons. The maximum absolute atomic E-state index is 13.1. The first-order chi connectivity index (χ1) is 11.7. The van der Waals surface area contributed by atoms with Gasteiger partial charge in [0.05, 0.1) is 17.8 Å². The summed E-state index contributed by atoms with van der Waals surface area (Å²) in [6, 6.07) is 8.46. The van der Waals surface area contributed by atoms with Gasteiger partial charge in [0.2, 0.25) is 5.91 Å². The van der Waals surface area contributed by atoms with Crippen molar-refractivity contribution in [2.75, 3.05) is 31.1 Å². The van der Waals surface area contributed by atoms with E-state index in [4.69, 9.17) is 0 Å². The molecule has 24 heavy (non-hydrogen) atoms. The molecule has 0 spiro atoms. The smallest absolute Gasteiger partial charge is 0.230 e. The third kappa shape index (κ3) is 2.79. The predicted molar refractivity (Wildman–Crippen MR) is 94.1 cm³/mol. The van der Waals surface area contributed by atoms with Crippen LogP contribution in [0, 0.1) is 0 Å². The van der Waals surface area contributed by atoms with Crippen molar-refractivity contribution in [3.8, 4) is 0 Å². The minimum absolute atomic E-state index is 0.0555. The van der Waals surface area contributed by atoms with E-state index in [0.717, 1.165) is 51.1 Å². The maximum atomic E-state index is 13.1. The van der Waals surface area contributed by atoms with Gasteiger partial charge in [-0.05, 0) is 30.4 Å². The van der Waals surface area contributed by atoms with Crippen LogP contribution >= 0.6 is 0 Å². The summed E-state index contributed by atoms with van der Waals surface area (Å²) >= 11 is 0. The Morgan fingerprint density at radius 2 is 1.96 bits per heavy atom. The van der Waals surface area contributed by atoms with E-state index in [2.05, 4.69) is 39.2 Å². The Hall–Kier alpha value is -2.30. The van der Waals surface area contributed by atoms with Crippen LogP contribution in [-0.4, -0.2) is 46.8 Å². The third-order valence-electron chi connectivity index (χ3n) is 5.32. The van der Waals surface area contributed by atoms with Crippen LogP contribution < -0.4 is 4.90 Å². The van der Waals surface area contributed by atoms with Crippen LogP contribution in [0.15, 0.2) is 36.7 Å². The number of piperazine rings is 1. The molecule has 1 aliphatic heterocycles. The van der Waals surface area contributed by atoms with Gasteiger partial charge in [-0.15, -0.1) is 0 Å². The molecule has 0 saturated carbocycles. The molecule has 5 heteroatoms. The third-order valence-corrected chi connectivity index (χ3v) is 5.32. The minimum Gasteiger partial charge on any atom is -0.365 e. The highest BCUT2D eigenvalue weighted by atomic mass is 16.2. The summed E-state index contributed by atoms with van der Waals surface area (Å²) in [7, 11) is 1.93. The van der Waals surface area contributed by atoms with Crippen LogP contribution in [0.4, 0.5) is 5.69 Å². The number of carbonyl (C=O) groups is 1. The average molecular weight is 324 g/mol. The molecule has 5 nitrogen and oxygen atoms in total. The Balaban J connectivity index is 1.44. The fourth-order valence-electron chi connectivity index (χ4n) is 3.99. The van der Waals surface area contributed by atoms with E-state index in [1.54, 1.807) is 0 Å². The van der Waals surface area contributed by atoms with Gasteiger partial charge in [-0.25, -0.2) is 0 Å². The lowest BCUT2D eigenvalue weighted by Crippen LogP contribution is -2.50. The van der Waals surface area contributed by atoms with Crippen LogP contribution in [0.5, 0.6) is 0 Å². The number of nitrogens with zero attached hydrogens (tertiary/aromatic N) is 4. The lowest BCUT2D eigenvalue weighted by Gasteiger charge is -2.38. The van der Waals surface area contributed by atoms with Crippen molar-refractivity contribution in [3.63, 3.8) is 0 Å². The van der Waals surface area contributed by atoms with Gasteiger partial charge in [-0.2, -0.15) is 5.10 Å². The fourth-order valence-corrected chi connectivity index (χ4v) is 3.99. The van der Waals surface area contributed by atoms with Crippen LogP contribution in [0.25, 0.3) is 0 Å². The highest BCUT2D eigenvalue weighted by Gasteiger charge is 2.31. The molecule has 1 amide bonds. The second kappa shape index (κ2) is 6.30. The molecule has 2 heterocycles. The Bertz CT molecular complexity index is 730. The van der Waals surface area contributed by atoms with Crippen LogP contribution in [0.1, 0.15) is 29.9 Å². The number of hydrogen-bond donors (Lipinski definition) is 0. The van der Waals surface area contributed by atoms with E-state index in [9.17, 15) is 4.79 Å². The van der Waals surface area contributed by atoms with Crippen molar-refractivity contribution in [1.29, 1.82) is 0 Å². The van der Waals surface area contributed by atoms with Crippen LogP contribution in [0.2, 0.25) is 0 Å². The molecule has 1 saturated heterocycles. The zero-order valence-electron chi connectivity index (χ0n) is 14.2. The summed E-state index contributed by atoms with van der Waals surface area (Å²) in [6.07, 6.45) is 7.14. The van der Waals surface area contributed by atoms with Gasteiger partial charge in [0.1, 0.15) is 0 Å². The van der Waals surface area contributed by atoms with E-state index in [1.165, 1.54) is 11.1 Å². The zero-order chi connectivity index (χ0) is 16.5. The Morgan fingerprint density at radius 3 is 2.71 bits per heavy atom. The normalized spacial score (nSPS) is 20.8. The fraction of sp³-hybridized carbons (Fsp3) is 0.474. The molecular formula is C19H24N4O. The zero-order valence-corrected chi connectivity index (χ0v) is 14.2. The standard InChI is InChI=1S/C19H24N4O/c1-21-14-16(13-20-21)22-9-11-23(12-10-22)19(24)18-8-4-6-15-5-2-3-7-17(15)18/h2-3,5,7,13-14,18H,4,6,8-12H2,1H3/t18-/m1/s1. The van der Waals surface area contributed by atoms with Gasteiger partial charge in [0.15, 0.2) is 0 Å². The summed E-state index contributed by atoms with van der Waals surface area (Å²) in [6.45, 7) is 3.36. The first-order valence-corrected chi connectivity index (χ1v) is 8.82. The lowest BCUT2D eigenvalue weighted by atomic mass is 9.82. The molecule has 126 valence electrons.